The third-order valence-electron chi connectivity index (χ3n) is 8.38. The molecule has 2 aliphatic heterocycles. The maximum Gasteiger partial charge on any atom is 0.407 e. The van der Waals surface area contributed by atoms with Crippen LogP contribution >= 0.6 is 0 Å². The van der Waals surface area contributed by atoms with Gasteiger partial charge >= 0.3 is 6.09 Å². The number of carbonyl (C=O) groups is 1. The van der Waals surface area contributed by atoms with Gasteiger partial charge in [-0.05, 0) is 60.2 Å². The van der Waals surface area contributed by atoms with E-state index in [1.165, 1.54) is 10.5 Å². The van der Waals surface area contributed by atoms with Crippen molar-refractivity contribution in [3.05, 3.63) is 89.0 Å². The second-order valence-electron chi connectivity index (χ2n) is 11.3. The van der Waals surface area contributed by atoms with Gasteiger partial charge in [-0.15, -0.1) is 0 Å². The lowest BCUT2D eigenvalue weighted by molar-refractivity contribution is -0.0199. The summed E-state index contributed by atoms with van der Waals surface area (Å²) in [4.78, 5) is 15.4. The van der Waals surface area contributed by atoms with E-state index in [-0.39, 0.29) is 12.0 Å². The first-order valence-electron chi connectivity index (χ1n) is 15.3. The number of rotatable bonds is 13. The molecule has 3 aromatic carbocycles. The molecule has 5 rings (SSSR count). The highest BCUT2D eigenvalue weighted by molar-refractivity contribution is 5.65. The number of hydrogen-bond donors (Lipinski definition) is 1. The third kappa shape index (κ3) is 8.01. The number of nitrogens with zero attached hydrogens (tertiary/aromatic N) is 3. The summed E-state index contributed by atoms with van der Waals surface area (Å²) in [6, 6.07) is 24.5. The molecule has 44 heavy (non-hydrogen) atoms. The van der Waals surface area contributed by atoms with Gasteiger partial charge in [-0.2, -0.15) is 5.26 Å². The van der Waals surface area contributed by atoms with Crippen molar-refractivity contribution >= 4 is 11.8 Å². The molecule has 0 spiro atoms. The van der Waals surface area contributed by atoms with Crippen LogP contribution in [0.2, 0.25) is 0 Å². The monoisotopic (exact) mass is 599 g/mol. The van der Waals surface area contributed by atoms with Gasteiger partial charge in [0.15, 0.2) is 0 Å². The third-order valence-corrected chi connectivity index (χ3v) is 8.38. The topological polar surface area (TPSA) is 104 Å². The van der Waals surface area contributed by atoms with E-state index in [2.05, 4.69) is 41.3 Å². The van der Waals surface area contributed by atoms with Gasteiger partial charge in [0.2, 0.25) is 0 Å². The Morgan fingerprint density at radius 1 is 1.05 bits per heavy atom. The molecule has 232 valence electrons. The number of aryl methyl sites for hydroxylation is 1. The lowest BCUT2D eigenvalue weighted by Crippen LogP contribution is -2.46. The van der Waals surface area contributed by atoms with Crippen molar-refractivity contribution in [1.82, 2.24) is 4.90 Å². The zero-order chi connectivity index (χ0) is 30.7. The Morgan fingerprint density at radius 2 is 1.89 bits per heavy atom. The van der Waals surface area contributed by atoms with E-state index >= 15 is 0 Å². The fraction of sp³-hybridized carbons (Fsp3) is 0.429. The fourth-order valence-electron chi connectivity index (χ4n) is 6.05. The SMILES string of the molecule is COc1ccccc1COCCCOc1ccc([C@H]2CCN(C(=O)O)C[C@@H]2OCc2ccc3c(c2)N(CC#N)CCC3)cc1. The van der Waals surface area contributed by atoms with E-state index in [1.54, 1.807) is 7.11 Å². The molecule has 9 nitrogen and oxygen atoms in total. The van der Waals surface area contributed by atoms with Crippen molar-refractivity contribution in [2.24, 2.45) is 0 Å². The molecule has 0 unspecified atom stereocenters. The predicted molar refractivity (Wildman–Crippen MR) is 167 cm³/mol. The highest BCUT2D eigenvalue weighted by atomic mass is 16.5. The number of ether oxygens (including phenoxy) is 4. The number of carboxylic acid groups (broad SMARTS) is 1. The van der Waals surface area contributed by atoms with Gasteiger partial charge in [-0.25, -0.2) is 4.79 Å². The molecule has 0 aromatic heterocycles. The predicted octanol–water partition coefficient (Wildman–Crippen LogP) is 6.01. The smallest absolute Gasteiger partial charge is 0.407 e. The maximum absolute atomic E-state index is 11.8. The molecule has 0 aliphatic carbocycles. The van der Waals surface area contributed by atoms with Crippen LogP contribution < -0.4 is 14.4 Å². The van der Waals surface area contributed by atoms with E-state index in [0.717, 1.165) is 59.7 Å². The number of likely N-dealkylation sites (tertiary alicyclic amines) is 1. The van der Waals surface area contributed by atoms with Crippen LogP contribution in [0.4, 0.5) is 10.5 Å². The number of anilines is 1. The Labute approximate surface area is 259 Å². The van der Waals surface area contributed by atoms with Crippen LogP contribution in [0.3, 0.4) is 0 Å². The summed E-state index contributed by atoms with van der Waals surface area (Å²) < 4.78 is 23.6. The summed E-state index contributed by atoms with van der Waals surface area (Å²) >= 11 is 0. The molecule has 2 atom stereocenters. The van der Waals surface area contributed by atoms with Crippen molar-refractivity contribution in [3.63, 3.8) is 0 Å². The van der Waals surface area contributed by atoms with Crippen LogP contribution in [-0.4, -0.2) is 68.7 Å². The number of para-hydroxylation sites is 1. The average molecular weight is 600 g/mol. The van der Waals surface area contributed by atoms with Crippen molar-refractivity contribution in [2.75, 3.05) is 51.4 Å². The van der Waals surface area contributed by atoms with Gasteiger partial charge in [-0.3, -0.25) is 0 Å². The van der Waals surface area contributed by atoms with Crippen LogP contribution in [0.15, 0.2) is 66.7 Å². The maximum atomic E-state index is 11.8. The number of nitriles is 1. The molecule has 2 heterocycles. The molecule has 0 bridgehead atoms. The number of methoxy groups -OCH3 is 1. The molecular formula is C35H41N3O6. The first kappa shape index (κ1) is 31.2. The van der Waals surface area contributed by atoms with Crippen LogP contribution in [0.1, 0.15) is 47.4 Å². The molecule has 1 N–H and O–H groups in total. The van der Waals surface area contributed by atoms with E-state index in [0.29, 0.717) is 52.5 Å². The minimum absolute atomic E-state index is 0.0655. The lowest BCUT2D eigenvalue weighted by Gasteiger charge is -2.37. The molecule has 0 radical (unpaired) electrons. The molecule has 0 saturated carbocycles. The molecule has 3 aromatic rings. The Bertz CT molecular complexity index is 1420. The van der Waals surface area contributed by atoms with E-state index in [9.17, 15) is 15.2 Å². The highest BCUT2D eigenvalue weighted by Gasteiger charge is 2.33. The lowest BCUT2D eigenvalue weighted by atomic mass is 9.87. The Kier molecular flexibility index (Phi) is 11.0. The van der Waals surface area contributed by atoms with Crippen molar-refractivity contribution in [2.45, 2.75) is 50.9 Å². The van der Waals surface area contributed by atoms with Crippen molar-refractivity contribution in [1.29, 1.82) is 5.26 Å². The fourth-order valence-corrected chi connectivity index (χ4v) is 6.05. The second kappa shape index (κ2) is 15.5. The first-order chi connectivity index (χ1) is 21.6. The van der Waals surface area contributed by atoms with E-state index in [1.807, 2.05) is 36.4 Å². The normalized spacial score (nSPS) is 17.9. The quantitative estimate of drug-likeness (QED) is 0.188. The Balaban J connectivity index is 1.14. The number of fused-ring (bicyclic) bond motifs is 1. The van der Waals surface area contributed by atoms with Crippen molar-refractivity contribution in [3.8, 4) is 17.6 Å². The van der Waals surface area contributed by atoms with Gasteiger partial charge in [0.25, 0.3) is 0 Å². The molecule has 9 heteroatoms. The summed E-state index contributed by atoms with van der Waals surface area (Å²) in [7, 11) is 1.66. The van der Waals surface area contributed by atoms with E-state index in [4.69, 9.17) is 18.9 Å². The summed E-state index contributed by atoms with van der Waals surface area (Å²) in [5.41, 5.74) is 5.51. The van der Waals surface area contributed by atoms with Gasteiger partial charge < -0.3 is 33.9 Å². The number of benzene rings is 3. The van der Waals surface area contributed by atoms with Gasteiger partial charge in [0.1, 0.15) is 18.0 Å². The van der Waals surface area contributed by atoms with Crippen LogP contribution in [0, 0.1) is 11.3 Å². The average Bonchev–Trinajstić information content (AvgIpc) is 3.06. The number of piperidine rings is 1. The van der Waals surface area contributed by atoms with Crippen LogP contribution in [-0.2, 0) is 29.1 Å². The molecule has 1 saturated heterocycles. The van der Waals surface area contributed by atoms with E-state index < -0.39 is 6.09 Å². The molecule has 2 aliphatic rings. The van der Waals surface area contributed by atoms with Gasteiger partial charge in [0, 0.05) is 36.7 Å². The number of hydrogen-bond acceptors (Lipinski definition) is 7. The van der Waals surface area contributed by atoms with Crippen molar-refractivity contribution < 1.29 is 28.8 Å². The molecule has 1 fully saturated rings. The largest absolute Gasteiger partial charge is 0.496 e. The minimum atomic E-state index is -0.923. The molecule has 1 amide bonds. The second-order valence-corrected chi connectivity index (χ2v) is 11.3. The standard InChI is InChI=1S/C35H41N3O6/c1-41-33-8-3-2-6-29(33)25-42-20-5-21-43-30-13-11-27(12-14-30)31-15-18-38(35(39)40)23-34(31)44-24-26-9-10-28-7-4-17-37(19-16-36)32(28)22-26/h2-3,6,8-14,22,31,34H,4-5,7,15,17-21,23-25H2,1H3,(H,39,40)/t31-,34+/m1/s1. The Morgan fingerprint density at radius 3 is 2.68 bits per heavy atom. The highest BCUT2D eigenvalue weighted by Crippen LogP contribution is 2.33. The first-order valence-corrected chi connectivity index (χ1v) is 15.3. The van der Waals surface area contributed by atoms with Gasteiger partial charge in [-0.1, -0.05) is 42.5 Å². The zero-order valence-electron chi connectivity index (χ0n) is 25.3. The summed E-state index contributed by atoms with van der Waals surface area (Å²) in [6.07, 6.45) is 2.29. The Hall–Kier alpha value is -4.26. The van der Waals surface area contributed by atoms with Crippen LogP contribution in [0.25, 0.3) is 0 Å². The summed E-state index contributed by atoms with van der Waals surface area (Å²) in [6.45, 7) is 4.02. The minimum Gasteiger partial charge on any atom is -0.496 e. The molecular weight excluding hydrogens is 558 g/mol. The summed E-state index contributed by atoms with van der Waals surface area (Å²) in [5.74, 6) is 1.68. The number of amides is 1. The van der Waals surface area contributed by atoms with Gasteiger partial charge in [0.05, 0.1) is 52.3 Å². The van der Waals surface area contributed by atoms with Crippen LogP contribution in [0.5, 0.6) is 11.5 Å². The zero-order valence-corrected chi connectivity index (χ0v) is 25.3. The summed E-state index contributed by atoms with van der Waals surface area (Å²) in [5, 5.41) is 18.9.